The van der Waals surface area contributed by atoms with E-state index in [9.17, 15) is 13.8 Å². The van der Waals surface area contributed by atoms with Crippen LogP contribution in [0.15, 0.2) is 35.2 Å². The Bertz CT molecular complexity index is 488. The third-order valence-corrected chi connectivity index (χ3v) is 4.19. The highest BCUT2D eigenvalue weighted by atomic mass is 32.2. The first-order valence-electron chi connectivity index (χ1n) is 6.45. The number of rotatable bonds is 7. The SMILES string of the molecule is CC(C)C(=O)N[C@H](CC[S@](=O)c1ccccc1)C(N)=O. The van der Waals surface area contributed by atoms with Gasteiger partial charge in [0.05, 0.1) is 10.8 Å². The van der Waals surface area contributed by atoms with Gasteiger partial charge in [-0.2, -0.15) is 0 Å². The summed E-state index contributed by atoms with van der Waals surface area (Å²) in [6.07, 6.45) is 0.259. The van der Waals surface area contributed by atoms with E-state index in [0.29, 0.717) is 4.90 Å². The lowest BCUT2D eigenvalue weighted by atomic mass is 10.1. The molecule has 20 heavy (non-hydrogen) atoms. The molecule has 0 aliphatic carbocycles. The van der Waals surface area contributed by atoms with Crippen molar-refractivity contribution < 1.29 is 13.8 Å². The molecule has 2 amide bonds. The van der Waals surface area contributed by atoms with Crippen molar-refractivity contribution in [2.24, 2.45) is 11.7 Å². The first-order chi connectivity index (χ1) is 9.41. The highest BCUT2D eigenvalue weighted by Gasteiger charge is 2.20. The minimum absolute atomic E-state index is 0.225. The van der Waals surface area contributed by atoms with Crippen molar-refractivity contribution in [1.29, 1.82) is 0 Å². The second kappa shape index (κ2) is 7.79. The maximum Gasteiger partial charge on any atom is 0.240 e. The Morgan fingerprint density at radius 3 is 2.35 bits per heavy atom. The van der Waals surface area contributed by atoms with E-state index in [1.807, 2.05) is 6.07 Å². The van der Waals surface area contributed by atoms with E-state index in [-0.39, 0.29) is 24.0 Å². The molecule has 0 spiro atoms. The van der Waals surface area contributed by atoms with Gasteiger partial charge in [-0.3, -0.25) is 13.8 Å². The molecule has 0 radical (unpaired) electrons. The van der Waals surface area contributed by atoms with Crippen LogP contribution < -0.4 is 11.1 Å². The fourth-order valence-corrected chi connectivity index (χ4v) is 2.69. The van der Waals surface area contributed by atoms with Crippen LogP contribution in [0.3, 0.4) is 0 Å². The highest BCUT2D eigenvalue weighted by Crippen LogP contribution is 2.08. The largest absolute Gasteiger partial charge is 0.368 e. The van der Waals surface area contributed by atoms with Gasteiger partial charge in [-0.1, -0.05) is 32.0 Å². The summed E-state index contributed by atoms with van der Waals surface area (Å²) in [5, 5.41) is 2.57. The smallest absolute Gasteiger partial charge is 0.240 e. The molecule has 0 aromatic heterocycles. The fourth-order valence-electron chi connectivity index (χ4n) is 1.54. The Morgan fingerprint density at radius 1 is 1.25 bits per heavy atom. The minimum Gasteiger partial charge on any atom is -0.368 e. The van der Waals surface area contributed by atoms with Crippen LogP contribution in [-0.4, -0.2) is 27.8 Å². The average Bonchev–Trinajstić information content (AvgIpc) is 2.43. The molecule has 3 N–H and O–H groups in total. The lowest BCUT2D eigenvalue weighted by molar-refractivity contribution is -0.129. The standard InChI is InChI=1S/C14H20N2O3S/c1-10(2)14(18)16-12(13(15)17)8-9-20(19)11-6-4-3-5-7-11/h3-7,10,12H,8-9H2,1-2H3,(H2,15,17)(H,16,18)/t12-,20+/m1/s1. The zero-order chi connectivity index (χ0) is 15.1. The Labute approximate surface area is 121 Å². The average molecular weight is 296 g/mol. The number of carbonyl (C=O) groups is 2. The lowest BCUT2D eigenvalue weighted by Crippen LogP contribution is -2.46. The number of primary amides is 1. The zero-order valence-corrected chi connectivity index (χ0v) is 12.5. The minimum atomic E-state index is -1.21. The van der Waals surface area contributed by atoms with Gasteiger partial charge in [-0.05, 0) is 18.6 Å². The number of hydrogen-bond donors (Lipinski definition) is 2. The van der Waals surface area contributed by atoms with Gasteiger partial charge >= 0.3 is 0 Å². The van der Waals surface area contributed by atoms with Gasteiger partial charge in [0.1, 0.15) is 6.04 Å². The van der Waals surface area contributed by atoms with Crippen LogP contribution in [-0.2, 0) is 20.4 Å². The van der Waals surface area contributed by atoms with Gasteiger partial charge < -0.3 is 11.1 Å². The molecule has 0 fully saturated rings. The molecular weight excluding hydrogens is 276 g/mol. The lowest BCUT2D eigenvalue weighted by Gasteiger charge is -2.16. The number of amides is 2. The molecule has 5 nitrogen and oxygen atoms in total. The Hall–Kier alpha value is -1.69. The number of nitrogens with one attached hydrogen (secondary N) is 1. The van der Waals surface area contributed by atoms with Gasteiger partial charge in [0, 0.05) is 16.6 Å². The van der Waals surface area contributed by atoms with Crippen LogP contribution >= 0.6 is 0 Å². The van der Waals surface area contributed by atoms with Crippen LogP contribution in [0.25, 0.3) is 0 Å². The quantitative estimate of drug-likeness (QED) is 0.780. The van der Waals surface area contributed by atoms with Gasteiger partial charge in [0.25, 0.3) is 0 Å². The molecule has 1 aromatic carbocycles. The topological polar surface area (TPSA) is 89.3 Å². The number of benzene rings is 1. The summed E-state index contributed by atoms with van der Waals surface area (Å²) in [4.78, 5) is 23.6. The summed E-state index contributed by atoms with van der Waals surface area (Å²) in [7, 11) is -1.21. The summed E-state index contributed by atoms with van der Waals surface area (Å²) in [6, 6.07) is 8.20. The number of hydrogen-bond acceptors (Lipinski definition) is 3. The predicted octanol–water partition coefficient (Wildman–Crippen LogP) is 0.810. The van der Waals surface area contributed by atoms with Crippen molar-refractivity contribution in [3.63, 3.8) is 0 Å². The van der Waals surface area contributed by atoms with E-state index < -0.39 is 22.7 Å². The summed E-state index contributed by atoms with van der Waals surface area (Å²) in [5.41, 5.74) is 5.26. The van der Waals surface area contributed by atoms with Gasteiger partial charge in [0.2, 0.25) is 11.8 Å². The molecular formula is C14H20N2O3S. The van der Waals surface area contributed by atoms with Gasteiger partial charge in [-0.25, -0.2) is 0 Å². The van der Waals surface area contributed by atoms with Gasteiger partial charge in [0.15, 0.2) is 0 Å². The fraction of sp³-hybridized carbons (Fsp3) is 0.429. The zero-order valence-electron chi connectivity index (χ0n) is 11.7. The summed E-state index contributed by atoms with van der Waals surface area (Å²) in [5.74, 6) is -0.796. The molecule has 6 heteroatoms. The molecule has 1 rings (SSSR count). The van der Waals surface area contributed by atoms with Crippen molar-refractivity contribution >= 4 is 22.6 Å². The van der Waals surface area contributed by atoms with Crippen molar-refractivity contribution in [2.75, 3.05) is 5.75 Å². The molecule has 2 atom stereocenters. The van der Waals surface area contributed by atoms with Crippen molar-refractivity contribution in [3.05, 3.63) is 30.3 Å². The molecule has 0 aliphatic heterocycles. The Balaban J connectivity index is 2.57. The maximum atomic E-state index is 12.0. The van der Waals surface area contributed by atoms with Crippen molar-refractivity contribution in [1.82, 2.24) is 5.32 Å². The molecule has 0 bridgehead atoms. The maximum absolute atomic E-state index is 12.0. The normalized spacial score (nSPS) is 13.8. The number of nitrogens with two attached hydrogens (primary N) is 1. The van der Waals surface area contributed by atoms with Crippen LogP contribution in [0.4, 0.5) is 0 Å². The molecule has 0 saturated carbocycles. The van der Waals surface area contributed by atoms with Crippen molar-refractivity contribution in [2.45, 2.75) is 31.2 Å². The highest BCUT2D eigenvalue weighted by molar-refractivity contribution is 7.85. The third kappa shape index (κ3) is 5.13. The molecule has 0 aliphatic rings. The van der Waals surface area contributed by atoms with E-state index in [1.165, 1.54) is 0 Å². The first kappa shape index (κ1) is 16.4. The van der Waals surface area contributed by atoms with Crippen LogP contribution in [0.2, 0.25) is 0 Å². The van der Waals surface area contributed by atoms with Gasteiger partial charge in [-0.15, -0.1) is 0 Å². The molecule has 0 saturated heterocycles. The molecule has 0 unspecified atom stereocenters. The summed E-state index contributed by atoms with van der Waals surface area (Å²) >= 11 is 0. The van der Waals surface area contributed by atoms with E-state index in [2.05, 4.69) is 5.32 Å². The predicted molar refractivity (Wildman–Crippen MR) is 78.3 cm³/mol. The second-order valence-corrected chi connectivity index (χ2v) is 6.34. The van der Waals surface area contributed by atoms with E-state index >= 15 is 0 Å². The molecule has 0 heterocycles. The second-order valence-electron chi connectivity index (χ2n) is 4.77. The van der Waals surface area contributed by atoms with E-state index in [4.69, 9.17) is 5.73 Å². The summed E-state index contributed by atoms with van der Waals surface area (Å²) in [6.45, 7) is 3.46. The third-order valence-electron chi connectivity index (χ3n) is 2.78. The molecule has 1 aromatic rings. The number of carbonyl (C=O) groups excluding carboxylic acids is 2. The van der Waals surface area contributed by atoms with E-state index in [0.717, 1.165) is 0 Å². The summed E-state index contributed by atoms with van der Waals surface area (Å²) < 4.78 is 12.0. The Kier molecular flexibility index (Phi) is 6.38. The van der Waals surface area contributed by atoms with Crippen LogP contribution in [0, 0.1) is 5.92 Å². The molecule has 110 valence electrons. The van der Waals surface area contributed by atoms with Crippen LogP contribution in [0.1, 0.15) is 20.3 Å². The first-order valence-corrected chi connectivity index (χ1v) is 7.76. The van der Waals surface area contributed by atoms with E-state index in [1.54, 1.807) is 38.1 Å². The monoisotopic (exact) mass is 296 g/mol. The Morgan fingerprint density at radius 2 is 1.85 bits per heavy atom. The van der Waals surface area contributed by atoms with Crippen LogP contribution in [0.5, 0.6) is 0 Å². The van der Waals surface area contributed by atoms with Crippen molar-refractivity contribution in [3.8, 4) is 0 Å².